The molecule has 0 saturated heterocycles. The van der Waals surface area contributed by atoms with Crippen LogP contribution < -0.4 is 15.2 Å². The van der Waals surface area contributed by atoms with Gasteiger partial charge in [-0.05, 0) is 54.8 Å². The first-order chi connectivity index (χ1) is 10.1. The molecule has 0 spiro atoms. The maximum absolute atomic E-state index is 6.34. The first kappa shape index (κ1) is 15.9. The second-order valence-corrected chi connectivity index (χ2v) is 5.69. The van der Waals surface area contributed by atoms with E-state index in [4.69, 9.17) is 15.2 Å². The number of hydrogen-bond acceptors (Lipinski definition) is 3. The third-order valence-corrected chi connectivity index (χ3v) is 3.77. The summed E-state index contributed by atoms with van der Waals surface area (Å²) >= 11 is 3.49. The predicted molar refractivity (Wildman–Crippen MR) is 88.9 cm³/mol. The number of halogens is 1. The highest BCUT2D eigenvalue weighted by molar-refractivity contribution is 9.10. The molecule has 2 aromatic carbocycles. The number of hydrogen-bond donors (Lipinski definition) is 1. The topological polar surface area (TPSA) is 44.5 Å². The van der Waals surface area contributed by atoms with Crippen molar-refractivity contribution in [1.29, 1.82) is 0 Å². The van der Waals surface area contributed by atoms with E-state index in [2.05, 4.69) is 15.9 Å². The van der Waals surface area contributed by atoms with Crippen LogP contribution in [0, 0.1) is 0 Å². The Kier molecular flexibility index (Phi) is 5.65. The molecule has 4 heteroatoms. The first-order valence-electron chi connectivity index (χ1n) is 6.94. The first-order valence-corrected chi connectivity index (χ1v) is 7.74. The molecule has 0 heterocycles. The Labute approximate surface area is 134 Å². The van der Waals surface area contributed by atoms with Crippen molar-refractivity contribution < 1.29 is 9.47 Å². The lowest BCUT2D eigenvalue weighted by molar-refractivity contribution is 0.339. The lowest BCUT2D eigenvalue weighted by atomic mass is 9.99. The van der Waals surface area contributed by atoms with Crippen molar-refractivity contribution in [3.05, 3.63) is 58.1 Å². The van der Waals surface area contributed by atoms with Gasteiger partial charge >= 0.3 is 0 Å². The van der Waals surface area contributed by atoms with Crippen LogP contribution >= 0.6 is 15.9 Å². The molecule has 2 aromatic rings. The van der Waals surface area contributed by atoms with Gasteiger partial charge in [0, 0.05) is 10.5 Å². The van der Waals surface area contributed by atoms with Crippen LogP contribution in [0.3, 0.4) is 0 Å². The molecule has 0 aliphatic carbocycles. The van der Waals surface area contributed by atoms with Gasteiger partial charge in [0.25, 0.3) is 0 Å². The zero-order valence-electron chi connectivity index (χ0n) is 12.3. The molecule has 1 unspecified atom stereocenters. The number of benzene rings is 2. The molecule has 0 aliphatic heterocycles. The standard InChI is InChI=1S/C17H20BrNO2/c1-3-21-15-6-4-5-12(10-15)16(19)11-13-9-14(18)7-8-17(13)20-2/h4-10,16H,3,11,19H2,1-2H3. The van der Waals surface area contributed by atoms with E-state index in [1.165, 1.54) is 0 Å². The van der Waals surface area contributed by atoms with E-state index < -0.39 is 0 Å². The maximum Gasteiger partial charge on any atom is 0.122 e. The van der Waals surface area contributed by atoms with Crippen LogP contribution in [0.15, 0.2) is 46.9 Å². The molecule has 0 bridgehead atoms. The van der Waals surface area contributed by atoms with Gasteiger partial charge in [-0.2, -0.15) is 0 Å². The van der Waals surface area contributed by atoms with Gasteiger partial charge in [-0.25, -0.2) is 0 Å². The van der Waals surface area contributed by atoms with E-state index in [-0.39, 0.29) is 6.04 Å². The highest BCUT2D eigenvalue weighted by Crippen LogP contribution is 2.28. The van der Waals surface area contributed by atoms with Crippen molar-refractivity contribution in [2.45, 2.75) is 19.4 Å². The average Bonchev–Trinajstić information content (AvgIpc) is 2.48. The summed E-state index contributed by atoms with van der Waals surface area (Å²) in [5.74, 6) is 1.71. The van der Waals surface area contributed by atoms with Gasteiger partial charge < -0.3 is 15.2 Å². The fourth-order valence-corrected chi connectivity index (χ4v) is 2.67. The van der Waals surface area contributed by atoms with Crippen LogP contribution in [-0.4, -0.2) is 13.7 Å². The molecule has 3 nitrogen and oxygen atoms in total. The third-order valence-electron chi connectivity index (χ3n) is 3.28. The third kappa shape index (κ3) is 4.22. The minimum Gasteiger partial charge on any atom is -0.496 e. The normalized spacial score (nSPS) is 12.0. The molecule has 0 fully saturated rings. The maximum atomic E-state index is 6.34. The number of nitrogens with two attached hydrogens (primary N) is 1. The highest BCUT2D eigenvalue weighted by atomic mass is 79.9. The summed E-state index contributed by atoms with van der Waals surface area (Å²) in [4.78, 5) is 0. The Morgan fingerprint density at radius 1 is 1.19 bits per heavy atom. The van der Waals surface area contributed by atoms with Gasteiger partial charge in [0.15, 0.2) is 0 Å². The zero-order chi connectivity index (χ0) is 15.2. The van der Waals surface area contributed by atoms with Crippen molar-refractivity contribution in [3.63, 3.8) is 0 Å². The summed E-state index contributed by atoms with van der Waals surface area (Å²) < 4.78 is 11.9. The molecular formula is C17H20BrNO2. The number of ether oxygens (including phenoxy) is 2. The molecule has 0 aromatic heterocycles. The molecule has 0 amide bonds. The quantitative estimate of drug-likeness (QED) is 0.853. The Balaban J connectivity index is 2.19. The van der Waals surface area contributed by atoms with E-state index >= 15 is 0 Å². The molecule has 2 N–H and O–H groups in total. The second kappa shape index (κ2) is 7.48. The van der Waals surface area contributed by atoms with Crippen LogP contribution in [-0.2, 0) is 6.42 Å². The van der Waals surface area contributed by atoms with Gasteiger partial charge in [0.1, 0.15) is 11.5 Å². The lowest BCUT2D eigenvalue weighted by Crippen LogP contribution is -2.14. The van der Waals surface area contributed by atoms with Crippen LogP contribution in [0.2, 0.25) is 0 Å². The van der Waals surface area contributed by atoms with E-state index in [0.717, 1.165) is 27.1 Å². The van der Waals surface area contributed by atoms with E-state index in [0.29, 0.717) is 13.0 Å². The summed E-state index contributed by atoms with van der Waals surface area (Å²) in [6.45, 7) is 2.62. The van der Waals surface area contributed by atoms with Crippen LogP contribution in [0.5, 0.6) is 11.5 Å². The van der Waals surface area contributed by atoms with Crippen molar-refractivity contribution in [1.82, 2.24) is 0 Å². The van der Waals surface area contributed by atoms with E-state index in [1.54, 1.807) is 7.11 Å². The van der Waals surface area contributed by atoms with Gasteiger partial charge in [0.2, 0.25) is 0 Å². The van der Waals surface area contributed by atoms with Crippen LogP contribution in [0.1, 0.15) is 24.1 Å². The largest absolute Gasteiger partial charge is 0.496 e. The zero-order valence-corrected chi connectivity index (χ0v) is 13.9. The molecule has 0 radical (unpaired) electrons. The minimum absolute atomic E-state index is 0.103. The molecular weight excluding hydrogens is 330 g/mol. The molecule has 2 rings (SSSR count). The van der Waals surface area contributed by atoms with Crippen molar-refractivity contribution in [2.24, 2.45) is 5.73 Å². The lowest BCUT2D eigenvalue weighted by Gasteiger charge is -2.16. The van der Waals surface area contributed by atoms with E-state index in [1.807, 2.05) is 49.4 Å². The predicted octanol–water partition coefficient (Wildman–Crippen LogP) is 4.10. The SMILES string of the molecule is CCOc1cccc(C(N)Cc2cc(Br)ccc2OC)c1. The summed E-state index contributed by atoms with van der Waals surface area (Å²) in [7, 11) is 1.67. The Morgan fingerprint density at radius 3 is 2.71 bits per heavy atom. The van der Waals surface area contributed by atoms with Crippen LogP contribution in [0.4, 0.5) is 0 Å². The smallest absolute Gasteiger partial charge is 0.122 e. The summed E-state index contributed by atoms with van der Waals surface area (Å²) in [6.07, 6.45) is 0.707. The summed E-state index contributed by atoms with van der Waals surface area (Å²) in [6, 6.07) is 13.8. The second-order valence-electron chi connectivity index (χ2n) is 4.77. The number of methoxy groups -OCH3 is 1. The number of rotatable bonds is 6. The van der Waals surface area contributed by atoms with Gasteiger partial charge in [-0.15, -0.1) is 0 Å². The fourth-order valence-electron chi connectivity index (χ4n) is 2.26. The minimum atomic E-state index is -0.103. The average molecular weight is 350 g/mol. The molecule has 0 aliphatic rings. The van der Waals surface area contributed by atoms with Gasteiger partial charge in [0.05, 0.1) is 13.7 Å². The van der Waals surface area contributed by atoms with Gasteiger partial charge in [-0.1, -0.05) is 28.1 Å². The van der Waals surface area contributed by atoms with Crippen LogP contribution in [0.25, 0.3) is 0 Å². The Hall–Kier alpha value is -1.52. The molecule has 21 heavy (non-hydrogen) atoms. The Bertz CT molecular complexity index is 601. The fraction of sp³-hybridized carbons (Fsp3) is 0.294. The molecule has 112 valence electrons. The van der Waals surface area contributed by atoms with Crippen molar-refractivity contribution in [3.8, 4) is 11.5 Å². The molecule has 0 saturated carbocycles. The monoisotopic (exact) mass is 349 g/mol. The van der Waals surface area contributed by atoms with Gasteiger partial charge in [-0.3, -0.25) is 0 Å². The summed E-state index contributed by atoms with van der Waals surface area (Å²) in [5.41, 5.74) is 8.48. The van der Waals surface area contributed by atoms with Crippen molar-refractivity contribution in [2.75, 3.05) is 13.7 Å². The van der Waals surface area contributed by atoms with Crippen molar-refractivity contribution >= 4 is 15.9 Å². The molecule has 1 atom stereocenters. The summed E-state index contributed by atoms with van der Waals surface area (Å²) in [5, 5.41) is 0. The van der Waals surface area contributed by atoms with E-state index in [9.17, 15) is 0 Å². The Morgan fingerprint density at radius 2 is 2.00 bits per heavy atom. The highest BCUT2D eigenvalue weighted by Gasteiger charge is 2.12.